The summed E-state index contributed by atoms with van der Waals surface area (Å²) in [6.45, 7) is -0.389. The highest BCUT2D eigenvalue weighted by molar-refractivity contribution is 5.95. The molecule has 1 atom stereocenters. The molecule has 0 bridgehead atoms. The van der Waals surface area contributed by atoms with E-state index in [9.17, 15) is 14.3 Å². The van der Waals surface area contributed by atoms with E-state index in [2.05, 4.69) is 10.1 Å². The Labute approximate surface area is 109 Å². The Hall–Kier alpha value is -1.86. The van der Waals surface area contributed by atoms with Gasteiger partial charge in [-0.25, -0.2) is 9.18 Å². The second-order valence-electron chi connectivity index (χ2n) is 3.71. The minimum atomic E-state index is -0.976. The number of methoxy groups -OCH3 is 2. The molecule has 0 aliphatic rings. The smallest absolute Gasteiger partial charge is 0.344 e. The molecule has 1 aromatic carbocycles. The second-order valence-corrected chi connectivity index (χ2v) is 3.71. The molecule has 0 fully saturated rings. The van der Waals surface area contributed by atoms with Gasteiger partial charge < -0.3 is 25.0 Å². The summed E-state index contributed by atoms with van der Waals surface area (Å²) < 4.78 is 23.1. The van der Waals surface area contributed by atoms with E-state index >= 15 is 0 Å². The van der Waals surface area contributed by atoms with Gasteiger partial charge in [0.2, 0.25) is 0 Å². The van der Waals surface area contributed by atoms with Crippen LogP contribution in [-0.4, -0.2) is 49.7 Å². The van der Waals surface area contributed by atoms with E-state index in [1.807, 2.05) is 0 Å². The highest BCUT2D eigenvalue weighted by Gasteiger charge is 2.22. The number of nitrogens with one attached hydrogen (secondary N) is 1. The van der Waals surface area contributed by atoms with Gasteiger partial charge in [-0.2, -0.15) is 0 Å². The van der Waals surface area contributed by atoms with Gasteiger partial charge in [0, 0.05) is 6.54 Å². The molecule has 0 aromatic heterocycles. The highest BCUT2D eigenvalue weighted by Crippen LogP contribution is 2.31. The number of hydrogen-bond acceptors (Lipinski definition) is 6. The van der Waals surface area contributed by atoms with E-state index in [0.29, 0.717) is 5.69 Å². The number of aliphatic hydroxyl groups is 2. The van der Waals surface area contributed by atoms with Crippen LogP contribution in [0.4, 0.5) is 10.1 Å². The van der Waals surface area contributed by atoms with Crippen LogP contribution in [0.15, 0.2) is 12.1 Å². The van der Waals surface area contributed by atoms with Gasteiger partial charge in [-0.15, -0.1) is 0 Å². The third-order valence-electron chi connectivity index (χ3n) is 2.44. The maximum absolute atomic E-state index is 13.6. The van der Waals surface area contributed by atoms with Gasteiger partial charge in [-0.05, 0) is 12.1 Å². The molecule has 1 unspecified atom stereocenters. The van der Waals surface area contributed by atoms with Crippen LogP contribution in [0.1, 0.15) is 10.4 Å². The summed E-state index contributed by atoms with van der Waals surface area (Å²) in [7, 11) is 2.42. The Bertz CT molecular complexity index is 452. The van der Waals surface area contributed by atoms with Crippen LogP contribution in [0.5, 0.6) is 5.75 Å². The number of carbonyl (C=O) groups is 1. The van der Waals surface area contributed by atoms with Gasteiger partial charge in [0.1, 0.15) is 11.4 Å². The van der Waals surface area contributed by atoms with Gasteiger partial charge in [0.15, 0.2) is 5.75 Å². The van der Waals surface area contributed by atoms with Gasteiger partial charge in [0.05, 0.1) is 32.6 Å². The zero-order chi connectivity index (χ0) is 14.4. The molecule has 3 N–H and O–H groups in total. The normalized spacial score (nSPS) is 11.8. The van der Waals surface area contributed by atoms with E-state index < -0.39 is 24.5 Å². The lowest BCUT2D eigenvalue weighted by molar-refractivity contribution is 0.0591. The third kappa shape index (κ3) is 3.55. The van der Waals surface area contributed by atoms with Crippen LogP contribution in [-0.2, 0) is 4.74 Å². The maximum atomic E-state index is 13.6. The molecule has 106 valence electrons. The Morgan fingerprint density at radius 1 is 1.47 bits per heavy atom. The van der Waals surface area contributed by atoms with Crippen LogP contribution >= 0.6 is 0 Å². The topological polar surface area (TPSA) is 88.0 Å². The lowest BCUT2D eigenvalue weighted by atomic mass is 10.1. The van der Waals surface area contributed by atoms with E-state index in [0.717, 1.165) is 13.2 Å². The predicted molar refractivity (Wildman–Crippen MR) is 65.9 cm³/mol. The number of aliphatic hydroxyl groups excluding tert-OH is 2. The fraction of sp³-hybridized carbons (Fsp3) is 0.417. The van der Waals surface area contributed by atoms with Crippen molar-refractivity contribution in [3.63, 3.8) is 0 Å². The fourth-order valence-electron chi connectivity index (χ4n) is 1.49. The van der Waals surface area contributed by atoms with Crippen molar-refractivity contribution in [2.45, 2.75) is 6.10 Å². The lowest BCUT2D eigenvalue weighted by Crippen LogP contribution is -2.23. The average molecular weight is 273 g/mol. The number of halogens is 1. The molecule has 7 heteroatoms. The standard InChI is InChI=1S/C12H16FNO5/c1-18-11-9(14-5-7(16)6-15)4-3-8(13)10(11)12(17)19-2/h3-4,7,14-16H,5-6H2,1-2H3. The summed E-state index contributed by atoms with van der Waals surface area (Å²) >= 11 is 0. The first-order valence-corrected chi connectivity index (χ1v) is 5.52. The molecule has 1 rings (SSSR count). The van der Waals surface area contributed by atoms with Crippen LogP contribution in [0.3, 0.4) is 0 Å². The molecule has 0 aliphatic heterocycles. The van der Waals surface area contributed by atoms with Crippen LogP contribution in [0, 0.1) is 5.82 Å². The van der Waals surface area contributed by atoms with Crippen LogP contribution in [0.2, 0.25) is 0 Å². The molecule has 0 saturated heterocycles. The first-order chi connectivity index (χ1) is 9.04. The van der Waals surface area contributed by atoms with Gasteiger partial charge in [0.25, 0.3) is 0 Å². The first kappa shape index (κ1) is 15.2. The SMILES string of the molecule is COC(=O)c1c(F)ccc(NCC(O)CO)c1OC. The van der Waals surface area contributed by atoms with Crippen molar-refractivity contribution in [2.75, 3.05) is 32.7 Å². The van der Waals surface area contributed by atoms with Crippen molar-refractivity contribution in [1.82, 2.24) is 0 Å². The number of esters is 1. The quantitative estimate of drug-likeness (QED) is 0.650. The van der Waals surface area contributed by atoms with Gasteiger partial charge >= 0.3 is 5.97 Å². The number of rotatable bonds is 6. The number of ether oxygens (including phenoxy) is 2. The van der Waals surface area contributed by atoms with Crippen LogP contribution in [0.25, 0.3) is 0 Å². The van der Waals surface area contributed by atoms with Gasteiger partial charge in [-0.3, -0.25) is 0 Å². The number of hydrogen-bond donors (Lipinski definition) is 3. The molecule has 1 aromatic rings. The molecular weight excluding hydrogens is 257 g/mol. The minimum absolute atomic E-state index is 0.0167. The first-order valence-electron chi connectivity index (χ1n) is 5.52. The summed E-state index contributed by atoms with van der Waals surface area (Å²) in [5.74, 6) is -1.64. The van der Waals surface area contributed by atoms with Crippen molar-refractivity contribution in [2.24, 2.45) is 0 Å². The molecule has 0 amide bonds. The predicted octanol–water partition coefficient (Wildman–Crippen LogP) is 0.386. The Balaban J connectivity index is 3.09. The highest BCUT2D eigenvalue weighted by atomic mass is 19.1. The Morgan fingerprint density at radius 2 is 2.16 bits per heavy atom. The van der Waals surface area contributed by atoms with E-state index in [1.54, 1.807) is 0 Å². The van der Waals surface area contributed by atoms with Crippen molar-refractivity contribution < 1.29 is 28.9 Å². The van der Waals surface area contributed by atoms with Gasteiger partial charge in [-0.1, -0.05) is 0 Å². The molecule has 19 heavy (non-hydrogen) atoms. The zero-order valence-corrected chi connectivity index (χ0v) is 10.6. The Morgan fingerprint density at radius 3 is 2.68 bits per heavy atom. The second kappa shape index (κ2) is 6.91. The fourth-order valence-corrected chi connectivity index (χ4v) is 1.49. The van der Waals surface area contributed by atoms with E-state index in [-0.39, 0.29) is 17.9 Å². The number of anilines is 1. The number of benzene rings is 1. The largest absolute Gasteiger partial charge is 0.494 e. The molecular formula is C12H16FNO5. The average Bonchev–Trinajstić information content (AvgIpc) is 2.44. The monoisotopic (exact) mass is 273 g/mol. The molecule has 0 heterocycles. The summed E-state index contributed by atoms with van der Waals surface area (Å²) in [6.07, 6.45) is -0.976. The lowest BCUT2D eigenvalue weighted by Gasteiger charge is -2.16. The number of carbonyl (C=O) groups excluding carboxylic acids is 1. The molecule has 0 radical (unpaired) electrons. The summed E-state index contributed by atoms with van der Waals surface area (Å²) in [4.78, 5) is 11.5. The molecule has 0 aliphatic carbocycles. The summed E-state index contributed by atoms with van der Waals surface area (Å²) in [5.41, 5.74) is -0.00899. The van der Waals surface area contributed by atoms with Crippen molar-refractivity contribution in [3.05, 3.63) is 23.5 Å². The van der Waals surface area contributed by atoms with E-state index in [1.165, 1.54) is 13.2 Å². The molecule has 6 nitrogen and oxygen atoms in total. The third-order valence-corrected chi connectivity index (χ3v) is 2.44. The summed E-state index contributed by atoms with van der Waals surface area (Å²) in [5, 5.41) is 20.7. The maximum Gasteiger partial charge on any atom is 0.344 e. The Kier molecular flexibility index (Phi) is 5.53. The van der Waals surface area contributed by atoms with E-state index in [4.69, 9.17) is 9.84 Å². The zero-order valence-electron chi connectivity index (χ0n) is 10.6. The molecule has 0 saturated carbocycles. The summed E-state index contributed by atoms with van der Waals surface area (Å²) in [6, 6.07) is 2.45. The van der Waals surface area contributed by atoms with Crippen LogP contribution < -0.4 is 10.1 Å². The van der Waals surface area contributed by atoms with Crippen molar-refractivity contribution in [3.8, 4) is 5.75 Å². The van der Waals surface area contributed by atoms with Crippen molar-refractivity contribution >= 4 is 11.7 Å². The molecule has 0 spiro atoms. The minimum Gasteiger partial charge on any atom is -0.494 e. The van der Waals surface area contributed by atoms with Crippen molar-refractivity contribution in [1.29, 1.82) is 0 Å².